The molecule has 1 N–H and O–H groups in total. The first kappa shape index (κ1) is 16.5. The summed E-state index contributed by atoms with van der Waals surface area (Å²) < 4.78 is 7.02. The monoisotopic (exact) mass is 303 g/mol. The van der Waals surface area contributed by atoms with Gasteiger partial charge in [-0.3, -0.25) is 4.79 Å². The lowest BCUT2D eigenvalue weighted by molar-refractivity contribution is 0.0948. The van der Waals surface area contributed by atoms with E-state index >= 15 is 0 Å². The zero-order valence-corrected chi connectivity index (χ0v) is 13.6. The quantitative estimate of drug-likeness (QED) is 0.763. The number of carbonyl (C=O) groups is 1. The number of fused-ring (bicyclic) bond motifs is 1. The lowest BCUT2D eigenvalue weighted by Gasteiger charge is -2.03. The van der Waals surface area contributed by atoms with Crippen molar-refractivity contribution < 1.29 is 9.53 Å². The molecule has 0 aromatic carbocycles. The van der Waals surface area contributed by atoms with Crippen molar-refractivity contribution in [3.05, 3.63) is 35.9 Å². The van der Waals surface area contributed by atoms with Crippen LogP contribution in [0.1, 0.15) is 43.0 Å². The number of carbonyl (C=O) groups excluding carboxylic acids is 1. The number of hydrogen-bond donors (Lipinski definition) is 1. The van der Waals surface area contributed by atoms with Crippen LogP contribution < -0.4 is 5.32 Å². The number of pyridine rings is 1. The number of nitrogens with one attached hydrogen (secondary N) is 1. The fourth-order valence-corrected chi connectivity index (χ4v) is 2.43. The summed E-state index contributed by atoms with van der Waals surface area (Å²) in [5.74, 6) is 1.34. The normalized spacial score (nSPS) is 11.3. The predicted octanol–water partition coefficient (Wildman–Crippen LogP) is 2.69. The van der Waals surface area contributed by atoms with Crippen LogP contribution in [0.25, 0.3) is 5.52 Å². The molecule has 0 fully saturated rings. The SMILES string of the molecule is COCCCCNC(=O)c1nc(CC(C)C)n2ccccc12. The molecule has 0 spiro atoms. The zero-order chi connectivity index (χ0) is 15.9. The molecule has 0 aliphatic rings. The van der Waals surface area contributed by atoms with Gasteiger partial charge in [0, 0.05) is 32.9 Å². The van der Waals surface area contributed by atoms with Crippen LogP contribution in [-0.4, -0.2) is 35.6 Å². The van der Waals surface area contributed by atoms with E-state index in [9.17, 15) is 4.79 Å². The Morgan fingerprint density at radius 1 is 1.36 bits per heavy atom. The van der Waals surface area contributed by atoms with Crippen molar-refractivity contribution in [2.24, 2.45) is 5.92 Å². The Hall–Kier alpha value is -1.88. The van der Waals surface area contributed by atoms with Gasteiger partial charge >= 0.3 is 0 Å². The minimum absolute atomic E-state index is 0.101. The van der Waals surface area contributed by atoms with Crippen LogP contribution >= 0.6 is 0 Å². The number of ether oxygens (including phenoxy) is 1. The maximum atomic E-state index is 12.4. The van der Waals surface area contributed by atoms with Crippen LogP contribution in [0, 0.1) is 5.92 Å². The first-order valence-electron chi connectivity index (χ1n) is 7.86. The molecule has 2 aromatic heterocycles. The largest absolute Gasteiger partial charge is 0.385 e. The molecule has 0 saturated carbocycles. The van der Waals surface area contributed by atoms with Gasteiger partial charge in [0.25, 0.3) is 5.91 Å². The third-order valence-electron chi connectivity index (χ3n) is 3.49. The molecule has 2 heterocycles. The molecule has 5 nitrogen and oxygen atoms in total. The van der Waals surface area contributed by atoms with Crippen LogP contribution in [0.2, 0.25) is 0 Å². The van der Waals surface area contributed by atoms with Crippen molar-refractivity contribution in [2.75, 3.05) is 20.3 Å². The van der Waals surface area contributed by atoms with Gasteiger partial charge in [0.2, 0.25) is 0 Å². The molecule has 0 atom stereocenters. The van der Waals surface area contributed by atoms with E-state index in [4.69, 9.17) is 4.74 Å². The Labute approximate surface area is 131 Å². The van der Waals surface area contributed by atoms with Gasteiger partial charge in [-0.2, -0.15) is 0 Å². The smallest absolute Gasteiger partial charge is 0.272 e. The van der Waals surface area contributed by atoms with E-state index in [1.165, 1.54) is 0 Å². The molecule has 2 rings (SSSR count). The zero-order valence-electron chi connectivity index (χ0n) is 13.6. The number of aromatic nitrogens is 2. The van der Waals surface area contributed by atoms with Crippen molar-refractivity contribution in [1.29, 1.82) is 0 Å². The van der Waals surface area contributed by atoms with E-state index in [-0.39, 0.29) is 5.91 Å². The minimum Gasteiger partial charge on any atom is -0.385 e. The Morgan fingerprint density at radius 2 is 2.18 bits per heavy atom. The molecule has 0 aliphatic heterocycles. The molecule has 2 aromatic rings. The highest BCUT2D eigenvalue weighted by Crippen LogP contribution is 2.16. The van der Waals surface area contributed by atoms with Gasteiger partial charge < -0.3 is 14.5 Å². The average Bonchev–Trinajstić information content (AvgIpc) is 2.85. The van der Waals surface area contributed by atoms with Gasteiger partial charge in [-0.1, -0.05) is 19.9 Å². The van der Waals surface area contributed by atoms with E-state index in [0.717, 1.165) is 37.2 Å². The minimum atomic E-state index is -0.101. The van der Waals surface area contributed by atoms with E-state index < -0.39 is 0 Å². The summed E-state index contributed by atoms with van der Waals surface area (Å²) in [5.41, 5.74) is 1.38. The van der Waals surface area contributed by atoms with Crippen LogP contribution in [0.5, 0.6) is 0 Å². The van der Waals surface area contributed by atoms with Crippen molar-refractivity contribution in [1.82, 2.24) is 14.7 Å². The fraction of sp³-hybridized carbons (Fsp3) is 0.529. The van der Waals surface area contributed by atoms with Crippen LogP contribution in [-0.2, 0) is 11.2 Å². The second-order valence-electron chi connectivity index (χ2n) is 5.89. The number of methoxy groups -OCH3 is 1. The Balaban J connectivity index is 2.11. The van der Waals surface area contributed by atoms with E-state index in [1.54, 1.807) is 7.11 Å². The summed E-state index contributed by atoms with van der Waals surface area (Å²) in [4.78, 5) is 16.9. The third kappa shape index (κ3) is 4.07. The summed E-state index contributed by atoms with van der Waals surface area (Å²) in [5, 5.41) is 2.95. The second kappa shape index (κ2) is 7.94. The number of rotatable bonds is 8. The average molecular weight is 303 g/mol. The van der Waals surface area contributed by atoms with E-state index in [1.807, 2.05) is 28.8 Å². The molecular weight excluding hydrogens is 278 g/mol. The highest BCUT2D eigenvalue weighted by Gasteiger charge is 2.17. The summed E-state index contributed by atoms with van der Waals surface area (Å²) in [6.07, 6.45) is 4.67. The van der Waals surface area contributed by atoms with Crippen molar-refractivity contribution in [3.63, 3.8) is 0 Å². The van der Waals surface area contributed by atoms with Gasteiger partial charge in [-0.25, -0.2) is 4.98 Å². The first-order valence-corrected chi connectivity index (χ1v) is 7.86. The highest BCUT2D eigenvalue weighted by molar-refractivity contribution is 5.99. The number of unbranched alkanes of at least 4 members (excludes halogenated alkanes) is 1. The molecule has 5 heteroatoms. The molecule has 0 saturated heterocycles. The van der Waals surface area contributed by atoms with Crippen LogP contribution in [0.3, 0.4) is 0 Å². The summed E-state index contributed by atoms with van der Waals surface area (Å²) in [6.45, 7) is 5.68. The Morgan fingerprint density at radius 3 is 2.91 bits per heavy atom. The maximum Gasteiger partial charge on any atom is 0.272 e. The van der Waals surface area contributed by atoms with Gasteiger partial charge in [-0.15, -0.1) is 0 Å². The number of nitrogens with zero attached hydrogens (tertiary/aromatic N) is 2. The van der Waals surface area contributed by atoms with Crippen LogP contribution in [0.4, 0.5) is 0 Å². The van der Waals surface area contributed by atoms with Gasteiger partial charge in [0.15, 0.2) is 5.69 Å². The van der Waals surface area contributed by atoms with Gasteiger partial charge in [0.1, 0.15) is 5.82 Å². The summed E-state index contributed by atoms with van der Waals surface area (Å²) in [6, 6.07) is 5.84. The van der Waals surface area contributed by atoms with E-state index in [0.29, 0.717) is 18.2 Å². The molecule has 120 valence electrons. The third-order valence-corrected chi connectivity index (χ3v) is 3.49. The fourth-order valence-electron chi connectivity index (χ4n) is 2.43. The Kier molecular flexibility index (Phi) is 5.95. The molecule has 0 aliphatic carbocycles. The van der Waals surface area contributed by atoms with Crippen LogP contribution in [0.15, 0.2) is 24.4 Å². The Bertz CT molecular complexity index is 619. The van der Waals surface area contributed by atoms with Gasteiger partial charge in [-0.05, 0) is 30.9 Å². The van der Waals surface area contributed by atoms with Crippen molar-refractivity contribution in [3.8, 4) is 0 Å². The number of amides is 1. The highest BCUT2D eigenvalue weighted by atomic mass is 16.5. The predicted molar refractivity (Wildman–Crippen MR) is 87.2 cm³/mol. The molecule has 1 amide bonds. The molecule has 0 bridgehead atoms. The lowest BCUT2D eigenvalue weighted by Crippen LogP contribution is -2.25. The molecule has 0 radical (unpaired) electrons. The molecule has 0 unspecified atom stereocenters. The molecular formula is C17H25N3O2. The van der Waals surface area contributed by atoms with Crippen molar-refractivity contribution in [2.45, 2.75) is 33.1 Å². The maximum absolute atomic E-state index is 12.4. The second-order valence-corrected chi connectivity index (χ2v) is 5.89. The van der Waals surface area contributed by atoms with Gasteiger partial charge in [0.05, 0.1) is 5.52 Å². The molecule has 22 heavy (non-hydrogen) atoms. The topological polar surface area (TPSA) is 55.6 Å². The van der Waals surface area contributed by atoms with Crippen molar-refractivity contribution >= 4 is 11.4 Å². The summed E-state index contributed by atoms with van der Waals surface area (Å²) in [7, 11) is 1.69. The lowest BCUT2D eigenvalue weighted by atomic mass is 10.1. The number of imidazole rings is 1. The first-order chi connectivity index (χ1) is 10.6. The standard InChI is InChI=1S/C17H25N3O2/c1-13(2)12-15-19-16(14-8-4-6-10-20(14)15)17(21)18-9-5-7-11-22-3/h4,6,8,10,13H,5,7,9,11-12H2,1-3H3,(H,18,21). The summed E-state index contributed by atoms with van der Waals surface area (Å²) >= 11 is 0. The van der Waals surface area contributed by atoms with E-state index in [2.05, 4.69) is 24.1 Å². The number of hydrogen-bond acceptors (Lipinski definition) is 3.